The van der Waals surface area contributed by atoms with Crippen LogP contribution in [-0.4, -0.2) is 11.7 Å². The number of oxime groups is 1. The third-order valence-corrected chi connectivity index (χ3v) is 4.27. The molecule has 0 saturated heterocycles. The van der Waals surface area contributed by atoms with Crippen LogP contribution in [0.3, 0.4) is 0 Å². The van der Waals surface area contributed by atoms with Gasteiger partial charge in [-0.3, -0.25) is 0 Å². The molecule has 0 atom stereocenters. The molecule has 1 heterocycles. The van der Waals surface area contributed by atoms with Crippen LogP contribution in [-0.2, 0) is 16.2 Å². The molecule has 2 aromatic rings. The molecule has 0 saturated carbocycles. The molecule has 0 fully saturated rings. The second-order valence-electron chi connectivity index (χ2n) is 5.22. The van der Waals surface area contributed by atoms with Gasteiger partial charge in [0.15, 0.2) is 0 Å². The summed E-state index contributed by atoms with van der Waals surface area (Å²) in [5.74, 6) is 0.125. The summed E-state index contributed by atoms with van der Waals surface area (Å²) < 4.78 is 6.77. The molecule has 3 rings (SSSR count). The SMILES string of the molecule is CC1=NOC(=O)/C1=C/c1ccc(OCc2ccc(Br)cc2)c(Cl)c1. The van der Waals surface area contributed by atoms with Gasteiger partial charge in [0, 0.05) is 4.47 Å². The van der Waals surface area contributed by atoms with E-state index in [0.29, 0.717) is 28.7 Å². The van der Waals surface area contributed by atoms with Crippen LogP contribution < -0.4 is 4.74 Å². The van der Waals surface area contributed by atoms with Gasteiger partial charge in [0.2, 0.25) is 0 Å². The number of rotatable bonds is 4. The summed E-state index contributed by atoms with van der Waals surface area (Å²) in [6, 6.07) is 13.2. The molecule has 4 nitrogen and oxygen atoms in total. The summed E-state index contributed by atoms with van der Waals surface area (Å²) in [7, 11) is 0. The van der Waals surface area contributed by atoms with E-state index in [1.165, 1.54) is 0 Å². The molecule has 24 heavy (non-hydrogen) atoms. The van der Waals surface area contributed by atoms with Gasteiger partial charge in [0.1, 0.15) is 12.4 Å². The van der Waals surface area contributed by atoms with E-state index in [1.807, 2.05) is 30.3 Å². The minimum absolute atomic E-state index is 0.422. The van der Waals surface area contributed by atoms with Gasteiger partial charge in [-0.2, -0.15) is 0 Å². The molecular weight excluding hydrogens is 394 g/mol. The van der Waals surface area contributed by atoms with Crippen molar-refractivity contribution >= 4 is 45.3 Å². The molecule has 0 radical (unpaired) electrons. The lowest BCUT2D eigenvalue weighted by atomic mass is 10.1. The molecule has 0 N–H and O–H groups in total. The zero-order valence-corrected chi connectivity index (χ0v) is 15.1. The molecule has 0 unspecified atom stereocenters. The maximum absolute atomic E-state index is 11.6. The Morgan fingerprint density at radius 2 is 2.00 bits per heavy atom. The molecule has 2 aromatic carbocycles. The first-order valence-electron chi connectivity index (χ1n) is 7.18. The fraction of sp³-hybridized carbons (Fsp3) is 0.111. The van der Waals surface area contributed by atoms with Crippen LogP contribution in [0.5, 0.6) is 5.75 Å². The van der Waals surface area contributed by atoms with E-state index < -0.39 is 5.97 Å². The Bertz CT molecular complexity index is 844. The molecule has 122 valence electrons. The van der Waals surface area contributed by atoms with Crippen molar-refractivity contribution in [2.24, 2.45) is 5.16 Å². The van der Waals surface area contributed by atoms with Crippen LogP contribution in [0.25, 0.3) is 6.08 Å². The van der Waals surface area contributed by atoms with Gasteiger partial charge >= 0.3 is 5.97 Å². The van der Waals surface area contributed by atoms with Gasteiger partial charge in [-0.25, -0.2) is 4.79 Å². The van der Waals surface area contributed by atoms with E-state index in [1.54, 1.807) is 25.1 Å². The van der Waals surface area contributed by atoms with Crippen molar-refractivity contribution in [3.05, 3.63) is 68.7 Å². The lowest BCUT2D eigenvalue weighted by molar-refractivity contribution is -0.136. The predicted molar refractivity (Wildman–Crippen MR) is 97.1 cm³/mol. The normalized spacial score (nSPS) is 15.4. The van der Waals surface area contributed by atoms with Crippen molar-refractivity contribution in [3.8, 4) is 5.75 Å². The van der Waals surface area contributed by atoms with E-state index >= 15 is 0 Å². The first-order valence-corrected chi connectivity index (χ1v) is 8.35. The Hall–Kier alpha value is -2.11. The van der Waals surface area contributed by atoms with Crippen molar-refractivity contribution < 1.29 is 14.4 Å². The number of nitrogens with zero attached hydrogens (tertiary/aromatic N) is 1. The Morgan fingerprint density at radius 1 is 1.25 bits per heavy atom. The average Bonchev–Trinajstić information content (AvgIpc) is 2.87. The summed E-state index contributed by atoms with van der Waals surface area (Å²) in [5, 5.41) is 4.12. The number of hydrogen-bond donors (Lipinski definition) is 0. The molecule has 0 amide bonds. The first-order chi connectivity index (χ1) is 11.5. The van der Waals surface area contributed by atoms with Gasteiger partial charge in [0.05, 0.1) is 16.3 Å². The fourth-order valence-corrected chi connectivity index (χ4v) is 2.66. The van der Waals surface area contributed by atoms with Crippen molar-refractivity contribution in [1.82, 2.24) is 0 Å². The minimum atomic E-state index is -0.459. The highest BCUT2D eigenvalue weighted by atomic mass is 79.9. The molecule has 0 aromatic heterocycles. The monoisotopic (exact) mass is 405 g/mol. The zero-order chi connectivity index (χ0) is 17.1. The predicted octanol–water partition coefficient (Wildman–Crippen LogP) is 5.00. The van der Waals surface area contributed by atoms with Crippen molar-refractivity contribution in [3.63, 3.8) is 0 Å². The summed E-state index contributed by atoms with van der Waals surface area (Å²) in [6.07, 6.45) is 1.69. The van der Waals surface area contributed by atoms with Crippen LogP contribution in [0, 0.1) is 0 Å². The molecule has 0 spiro atoms. The second-order valence-corrected chi connectivity index (χ2v) is 6.54. The van der Waals surface area contributed by atoms with Crippen molar-refractivity contribution in [2.75, 3.05) is 0 Å². The van der Waals surface area contributed by atoms with E-state index in [4.69, 9.17) is 16.3 Å². The number of carbonyl (C=O) groups excluding carboxylic acids is 1. The van der Waals surface area contributed by atoms with Gasteiger partial charge < -0.3 is 9.57 Å². The smallest absolute Gasteiger partial charge is 0.367 e. The summed E-state index contributed by atoms with van der Waals surface area (Å²) >= 11 is 9.67. The van der Waals surface area contributed by atoms with E-state index in [2.05, 4.69) is 25.9 Å². The van der Waals surface area contributed by atoms with Crippen LogP contribution in [0.1, 0.15) is 18.1 Å². The van der Waals surface area contributed by atoms with Crippen molar-refractivity contribution in [1.29, 1.82) is 0 Å². The standard InChI is InChI=1S/C18H13BrClNO3/c1-11-15(18(22)24-21-11)8-13-4-7-17(16(20)9-13)23-10-12-2-5-14(19)6-3-12/h2-9H,10H2,1H3/b15-8+. The van der Waals surface area contributed by atoms with E-state index in [9.17, 15) is 4.79 Å². The van der Waals surface area contributed by atoms with Gasteiger partial charge in [-0.05, 0) is 48.4 Å². The highest BCUT2D eigenvalue weighted by Crippen LogP contribution is 2.28. The van der Waals surface area contributed by atoms with Crippen LogP contribution in [0.4, 0.5) is 0 Å². The fourth-order valence-electron chi connectivity index (χ4n) is 2.15. The second kappa shape index (κ2) is 7.20. The molecule has 1 aliphatic heterocycles. The van der Waals surface area contributed by atoms with Crippen LogP contribution in [0.2, 0.25) is 5.02 Å². The highest BCUT2D eigenvalue weighted by Gasteiger charge is 2.21. The van der Waals surface area contributed by atoms with Crippen LogP contribution >= 0.6 is 27.5 Å². The van der Waals surface area contributed by atoms with E-state index in [0.717, 1.165) is 15.6 Å². The lowest BCUT2D eigenvalue weighted by Gasteiger charge is -2.09. The first kappa shape index (κ1) is 16.7. The number of benzene rings is 2. The number of hydrogen-bond acceptors (Lipinski definition) is 4. The van der Waals surface area contributed by atoms with Gasteiger partial charge in [0.25, 0.3) is 0 Å². The third kappa shape index (κ3) is 3.86. The summed E-state index contributed by atoms with van der Waals surface area (Å²) in [4.78, 5) is 16.2. The summed E-state index contributed by atoms with van der Waals surface area (Å²) in [6.45, 7) is 2.14. The van der Waals surface area contributed by atoms with E-state index in [-0.39, 0.29) is 0 Å². The Morgan fingerprint density at radius 3 is 2.62 bits per heavy atom. The molecule has 0 bridgehead atoms. The highest BCUT2D eigenvalue weighted by molar-refractivity contribution is 9.10. The van der Waals surface area contributed by atoms with Crippen LogP contribution in [0.15, 0.2) is 57.7 Å². The quantitative estimate of drug-likeness (QED) is 0.530. The molecule has 1 aliphatic rings. The summed E-state index contributed by atoms with van der Waals surface area (Å²) in [5.41, 5.74) is 2.79. The van der Waals surface area contributed by atoms with Gasteiger partial charge in [-0.15, -0.1) is 0 Å². The van der Waals surface area contributed by atoms with Crippen molar-refractivity contribution in [2.45, 2.75) is 13.5 Å². The largest absolute Gasteiger partial charge is 0.487 e. The Labute approximate surface area is 152 Å². The number of halogens is 2. The topological polar surface area (TPSA) is 47.9 Å². The van der Waals surface area contributed by atoms with Gasteiger partial charge in [-0.1, -0.05) is 50.9 Å². The molecule has 0 aliphatic carbocycles. The average molecular weight is 407 g/mol. The Balaban J connectivity index is 1.73. The number of carbonyl (C=O) groups is 1. The third-order valence-electron chi connectivity index (χ3n) is 3.45. The zero-order valence-electron chi connectivity index (χ0n) is 12.8. The number of ether oxygens (including phenoxy) is 1. The lowest BCUT2D eigenvalue weighted by Crippen LogP contribution is -2.01. The molecule has 6 heteroatoms. The minimum Gasteiger partial charge on any atom is -0.487 e. The Kier molecular flexibility index (Phi) is 5.02. The maximum Gasteiger partial charge on any atom is 0.367 e. The maximum atomic E-state index is 11.6. The molecular formula is C18H13BrClNO3.